The number of para-hydroxylation sites is 1. The van der Waals surface area contributed by atoms with Gasteiger partial charge < -0.3 is 20.3 Å². The predicted molar refractivity (Wildman–Crippen MR) is 138 cm³/mol. The molecule has 214 valence electrons. The van der Waals surface area contributed by atoms with Crippen LogP contribution >= 0.6 is 0 Å². The fourth-order valence-electron chi connectivity index (χ4n) is 3.35. The van der Waals surface area contributed by atoms with Crippen LogP contribution in [0.2, 0.25) is 0 Å². The quantitative estimate of drug-likeness (QED) is 0.277. The van der Waals surface area contributed by atoms with E-state index in [0.717, 1.165) is 11.8 Å². The van der Waals surface area contributed by atoms with E-state index in [0.29, 0.717) is 11.1 Å². The molecule has 41 heavy (non-hydrogen) atoms. The summed E-state index contributed by atoms with van der Waals surface area (Å²) >= 11 is 0. The molecular weight excluding hydrogens is 547 g/mol. The Kier molecular flexibility index (Phi) is 9.74. The number of ether oxygens (including phenoxy) is 1. The molecule has 0 spiro atoms. The van der Waals surface area contributed by atoms with Crippen molar-refractivity contribution < 1.29 is 42.5 Å². The molecule has 2 aromatic carbocycles. The van der Waals surface area contributed by atoms with Crippen LogP contribution in [0.15, 0.2) is 73.1 Å². The second-order valence-electron chi connectivity index (χ2n) is 8.61. The lowest BCUT2D eigenvalue weighted by Crippen LogP contribution is -2.27. The molecule has 0 aliphatic carbocycles. The van der Waals surface area contributed by atoms with Crippen LogP contribution in [-0.2, 0) is 0 Å². The summed E-state index contributed by atoms with van der Waals surface area (Å²) in [4.78, 5) is 37.2. The number of amides is 1. The molecule has 1 atom stereocenters. The van der Waals surface area contributed by atoms with Gasteiger partial charge in [0.2, 0.25) is 5.88 Å². The van der Waals surface area contributed by atoms with E-state index >= 15 is 0 Å². The van der Waals surface area contributed by atoms with Crippen molar-refractivity contribution in [3.63, 3.8) is 0 Å². The largest absolute Gasteiger partial charge is 0.478 e. The van der Waals surface area contributed by atoms with Crippen LogP contribution in [0.25, 0.3) is 5.69 Å². The van der Waals surface area contributed by atoms with Crippen LogP contribution in [0.1, 0.15) is 55.3 Å². The zero-order chi connectivity index (χ0) is 30.2. The normalized spacial score (nSPS) is 11.5. The minimum atomic E-state index is -4.43. The molecule has 11 nitrogen and oxygen atoms in total. The van der Waals surface area contributed by atoms with Crippen LogP contribution in [0.3, 0.4) is 0 Å². The molecule has 4 aromatic rings. The topological polar surface area (TPSA) is 157 Å². The van der Waals surface area contributed by atoms with Gasteiger partial charge in [0.1, 0.15) is 0 Å². The van der Waals surface area contributed by atoms with Crippen molar-refractivity contribution in [1.82, 2.24) is 25.3 Å². The maximum atomic E-state index is 12.4. The number of pyridine rings is 1. The number of nitrogens with zero attached hydrogens (tertiary/aromatic N) is 4. The van der Waals surface area contributed by atoms with Gasteiger partial charge in [0.05, 0.1) is 29.1 Å². The van der Waals surface area contributed by atoms with Gasteiger partial charge in [-0.05, 0) is 55.3 Å². The third kappa shape index (κ3) is 9.16. The summed E-state index contributed by atoms with van der Waals surface area (Å²) in [6, 6.07) is 15.6. The minimum Gasteiger partial charge on any atom is -0.478 e. The van der Waals surface area contributed by atoms with Gasteiger partial charge in [-0.15, -0.1) is 5.10 Å². The third-order valence-corrected chi connectivity index (χ3v) is 5.31. The predicted octanol–water partition coefficient (Wildman–Crippen LogP) is 4.49. The van der Waals surface area contributed by atoms with E-state index in [4.69, 9.17) is 10.2 Å². The molecule has 2 heterocycles. The molecule has 2 aromatic heterocycles. The number of alkyl halides is 3. The van der Waals surface area contributed by atoms with Crippen molar-refractivity contribution in [2.45, 2.75) is 26.1 Å². The molecule has 0 aliphatic heterocycles. The fourth-order valence-corrected chi connectivity index (χ4v) is 3.35. The SMILES string of the molecule is CC(NC(=O)c1cn(-c2ccccc2)nn1)c1ccc(OCC(F)(F)F)nc1.Cc1cc(C(=O)O)cc(C(=O)O)c1. The number of carbonyl (C=O) groups is 3. The number of hydrogen-bond acceptors (Lipinski definition) is 7. The molecule has 0 radical (unpaired) electrons. The van der Waals surface area contributed by atoms with Crippen molar-refractivity contribution in [3.8, 4) is 11.6 Å². The van der Waals surface area contributed by atoms with Gasteiger partial charge in [0.25, 0.3) is 5.91 Å². The standard InChI is InChI=1S/C18H16F3N5O2.C9H8O4/c1-12(13-7-8-16(22-9-13)28-11-18(19,20)21)23-17(27)15-10-26(25-24-15)14-5-3-2-4-6-14;1-5-2-6(8(10)11)4-7(3-5)9(12)13/h2-10,12H,11H2,1H3,(H,23,27);2-4H,1H3,(H,10,11)(H,12,13). The number of benzene rings is 2. The Labute approximate surface area is 231 Å². The summed E-state index contributed by atoms with van der Waals surface area (Å²) in [5.41, 5.74) is 2.12. The smallest absolute Gasteiger partial charge is 0.422 e. The highest BCUT2D eigenvalue weighted by Gasteiger charge is 2.28. The van der Waals surface area contributed by atoms with Crippen molar-refractivity contribution in [1.29, 1.82) is 0 Å². The molecule has 0 bridgehead atoms. The Hall–Kier alpha value is -5.27. The highest BCUT2D eigenvalue weighted by molar-refractivity contribution is 5.94. The Morgan fingerprint density at radius 3 is 2.17 bits per heavy atom. The van der Waals surface area contributed by atoms with Gasteiger partial charge in [-0.2, -0.15) is 13.2 Å². The molecule has 4 rings (SSSR count). The number of carbonyl (C=O) groups excluding carboxylic acids is 1. The summed E-state index contributed by atoms with van der Waals surface area (Å²) in [6.07, 6.45) is -1.58. The van der Waals surface area contributed by atoms with E-state index in [1.807, 2.05) is 30.3 Å². The maximum Gasteiger partial charge on any atom is 0.422 e. The lowest BCUT2D eigenvalue weighted by Gasteiger charge is -2.14. The second kappa shape index (κ2) is 13.2. The van der Waals surface area contributed by atoms with E-state index in [1.165, 1.54) is 41.3 Å². The van der Waals surface area contributed by atoms with Gasteiger partial charge in [-0.3, -0.25) is 4.79 Å². The van der Waals surface area contributed by atoms with Crippen LogP contribution in [0.4, 0.5) is 13.2 Å². The molecule has 0 fully saturated rings. The Balaban J connectivity index is 0.000000298. The second-order valence-corrected chi connectivity index (χ2v) is 8.61. The summed E-state index contributed by atoms with van der Waals surface area (Å²) in [5.74, 6) is -2.82. The van der Waals surface area contributed by atoms with Gasteiger partial charge in [-0.25, -0.2) is 19.3 Å². The summed E-state index contributed by atoms with van der Waals surface area (Å²) < 4.78 is 42.5. The highest BCUT2D eigenvalue weighted by atomic mass is 19.4. The lowest BCUT2D eigenvalue weighted by molar-refractivity contribution is -0.154. The van der Waals surface area contributed by atoms with Crippen molar-refractivity contribution >= 4 is 17.8 Å². The number of hydrogen-bond donors (Lipinski definition) is 3. The summed E-state index contributed by atoms with van der Waals surface area (Å²) in [5, 5.41) is 27.8. The zero-order valence-electron chi connectivity index (χ0n) is 21.7. The van der Waals surface area contributed by atoms with E-state index < -0.39 is 36.7 Å². The molecule has 3 N–H and O–H groups in total. The van der Waals surface area contributed by atoms with Crippen LogP contribution < -0.4 is 10.1 Å². The average Bonchev–Trinajstić information content (AvgIpc) is 3.43. The molecule has 1 unspecified atom stereocenters. The number of rotatable bonds is 8. The zero-order valence-corrected chi connectivity index (χ0v) is 21.7. The van der Waals surface area contributed by atoms with Crippen molar-refractivity contribution in [2.24, 2.45) is 0 Å². The van der Waals surface area contributed by atoms with E-state index in [9.17, 15) is 27.6 Å². The first-order chi connectivity index (χ1) is 19.3. The van der Waals surface area contributed by atoms with Crippen molar-refractivity contribution in [3.05, 3.63) is 101 Å². The molecule has 14 heteroatoms. The summed E-state index contributed by atoms with van der Waals surface area (Å²) in [6.45, 7) is 1.95. The van der Waals surface area contributed by atoms with Crippen LogP contribution in [0, 0.1) is 6.92 Å². The number of aryl methyl sites for hydroxylation is 1. The molecule has 1 amide bonds. The molecule has 0 saturated carbocycles. The van der Waals surface area contributed by atoms with Crippen LogP contribution in [-0.4, -0.2) is 60.8 Å². The third-order valence-electron chi connectivity index (χ3n) is 5.31. The Bertz CT molecular complexity index is 1480. The average molecular weight is 572 g/mol. The van der Waals surface area contributed by atoms with Gasteiger partial charge in [-0.1, -0.05) is 29.5 Å². The molecule has 0 saturated heterocycles. The van der Waals surface area contributed by atoms with E-state index in [-0.39, 0.29) is 22.7 Å². The Morgan fingerprint density at radius 2 is 1.63 bits per heavy atom. The first-order valence-electron chi connectivity index (χ1n) is 11.8. The molecule has 0 aliphatic rings. The first kappa shape index (κ1) is 30.3. The highest BCUT2D eigenvalue weighted by Crippen LogP contribution is 2.19. The maximum absolute atomic E-state index is 12.4. The van der Waals surface area contributed by atoms with E-state index in [2.05, 4.69) is 25.3 Å². The van der Waals surface area contributed by atoms with Gasteiger partial charge in [0, 0.05) is 12.3 Å². The van der Waals surface area contributed by atoms with Crippen LogP contribution in [0.5, 0.6) is 5.88 Å². The number of carboxylic acid groups (broad SMARTS) is 2. The van der Waals surface area contributed by atoms with Gasteiger partial charge >= 0.3 is 18.1 Å². The number of carboxylic acids is 2. The number of aromatic nitrogens is 4. The minimum absolute atomic E-state index is 0.00241. The Morgan fingerprint density at radius 1 is 1.00 bits per heavy atom. The van der Waals surface area contributed by atoms with Gasteiger partial charge in [0.15, 0.2) is 12.3 Å². The number of halogens is 3. The van der Waals surface area contributed by atoms with E-state index in [1.54, 1.807) is 13.8 Å². The summed E-state index contributed by atoms with van der Waals surface area (Å²) in [7, 11) is 0. The monoisotopic (exact) mass is 571 g/mol. The van der Waals surface area contributed by atoms with Crippen molar-refractivity contribution in [2.75, 3.05) is 6.61 Å². The number of nitrogens with one attached hydrogen (secondary N) is 1. The molecular formula is C27H24F3N5O6. The first-order valence-corrected chi connectivity index (χ1v) is 11.8. The number of aromatic carboxylic acids is 2. The lowest BCUT2D eigenvalue weighted by atomic mass is 10.1. The fraction of sp³-hybridized carbons (Fsp3) is 0.185.